The zero-order valence-electron chi connectivity index (χ0n) is 9.78. The van der Waals surface area contributed by atoms with E-state index in [1.807, 2.05) is 0 Å². The molecule has 0 aromatic heterocycles. The maximum absolute atomic E-state index is 10.2. The van der Waals surface area contributed by atoms with Crippen LogP contribution in [0.15, 0.2) is 0 Å². The fourth-order valence-corrected chi connectivity index (χ4v) is 1.61. The molecule has 0 bridgehead atoms. The molecule has 0 amide bonds. The SMILES string of the molecule is O=C(O)CCCCCCCCCCC(=O)O.[NaH].[NaH]. The molecule has 0 saturated heterocycles. The zero-order valence-corrected chi connectivity index (χ0v) is 9.78. The third-order valence-electron chi connectivity index (χ3n) is 2.53. The van der Waals surface area contributed by atoms with Gasteiger partial charge in [0.15, 0.2) is 0 Å². The molecule has 0 spiro atoms. The molecule has 0 saturated carbocycles. The Bertz CT molecular complexity index is 188. The van der Waals surface area contributed by atoms with Gasteiger partial charge in [0, 0.05) is 12.8 Å². The van der Waals surface area contributed by atoms with Crippen LogP contribution in [0.5, 0.6) is 0 Å². The molecule has 0 aliphatic carbocycles. The summed E-state index contributed by atoms with van der Waals surface area (Å²) in [6, 6.07) is 0. The number of carboxylic acids is 2. The molecule has 0 heterocycles. The summed E-state index contributed by atoms with van der Waals surface area (Å²) >= 11 is 0. The Morgan fingerprint density at radius 1 is 0.556 bits per heavy atom. The predicted octanol–water partition coefficient (Wildman–Crippen LogP) is 1.76. The van der Waals surface area contributed by atoms with Crippen LogP contribution in [0.4, 0.5) is 0 Å². The molecule has 2 N–H and O–H groups in total. The average Bonchev–Trinajstić information content (AvgIpc) is 2.20. The summed E-state index contributed by atoms with van der Waals surface area (Å²) in [5, 5.41) is 16.8. The van der Waals surface area contributed by atoms with Crippen molar-refractivity contribution in [2.45, 2.75) is 64.2 Å². The first-order valence-electron chi connectivity index (χ1n) is 6.06. The van der Waals surface area contributed by atoms with E-state index in [4.69, 9.17) is 10.2 Å². The van der Waals surface area contributed by atoms with Gasteiger partial charge >= 0.3 is 71.1 Å². The van der Waals surface area contributed by atoms with Gasteiger partial charge in [-0.05, 0) is 12.8 Å². The maximum atomic E-state index is 10.2. The molecule has 18 heavy (non-hydrogen) atoms. The normalized spacial score (nSPS) is 9.11. The predicted molar refractivity (Wildman–Crippen MR) is 75.7 cm³/mol. The van der Waals surface area contributed by atoms with Gasteiger partial charge in [0.05, 0.1) is 0 Å². The van der Waals surface area contributed by atoms with Crippen molar-refractivity contribution in [3.05, 3.63) is 0 Å². The number of aliphatic carboxylic acids is 2. The van der Waals surface area contributed by atoms with Crippen LogP contribution in [-0.2, 0) is 9.59 Å². The molecule has 6 heteroatoms. The van der Waals surface area contributed by atoms with Crippen molar-refractivity contribution in [1.29, 1.82) is 0 Å². The van der Waals surface area contributed by atoms with E-state index in [9.17, 15) is 9.59 Å². The van der Waals surface area contributed by atoms with Gasteiger partial charge in [-0.2, -0.15) is 0 Å². The Balaban J connectivity index is -0.00000112. The first-order valence-corrected chi connectivity index (χ1v) is 6.06. The molecule has 0 aromatic carbocycles. The van der Waals surface area contributed by atoms with Crippen LogP contribution < -0.4 is 0 Å². The first-order chi connectivity index (χ1) is 7.63. The number of hydrogen-bond acceptors (Lipinski definition) is 2. The fourth-order valence-electron chi connectivity index (χ4n) is 1.61. The Morgan fingerprint density at radius 3 is 1.00 bits per heavy atom. The summed E-state index contributed by atoms with van der Waals surface area (Å²) in [6.45, 7) is 0. The summed E-state index contributed by atoms with van der Waals surface area (Å²) in [4.78, 5) is 20.4. The minimum absolute atomic E-state index is 0. The number of rotatable bonds is 11. The number of unbranched alkanes of at least 4 members (excludes halogenated alkanes) is 7. The average molecular weight is 278 g/mol. The van der Waals surface area contributed by atoms with Crippen LogP contribution in [0, 0.1) is 0 Å². The number of carboxylic acid groups (broad SMARTS) is 2. The van der Waals surface area contributed by atoms with Crippen molar-refractivity contribution < 1.29 is 19.8 Å². The first kappa shape index (κ1) is 24.0. The van der Waals surface area contributed by atoms with Gasteiger partial charge in [-0.3, -0.25) is 9.59 Å². The summed E-state index contributed by atoms with van der Waals surface area (Å²) in [7, 11) is 0. The van der Waals surface area contributed by atoms with E-state index in [1.165, 1.54) is 0 Å². The Labute approximate surface area is 153 Å². The summed E-state index contributed by atoms with van der Waals surface area (Å²) in [6.07, 6.45) is 8.51. The van der Waals surface area contributed by atoms with E-state index in [-0.39, 0.29) is 72.0 Å². The van der Waals surface area contributed by atoms with Gasteiger partial charge in [-0.1, -0.05) is 38.5 Å². The summed E-state index contributed by atoms with van der Waals surface area (Å²) in [5.41, 5.74) is 0. The van der Waals surface area contributed by atoms with E-state index in [2.05, 4.69) is 0 Å². The van der Waals surface area contributed by atoms with E-state index < -0.39 is 11.9 Å². The molecule has 0 aromatic rings. The van der Waals surface area contributed by atoms with Crippen molar-refractivity contribution in [2.24, 2.45) is 0 Å². The molecule has 0 fully saturated rings. The van der Waals surface area contributed by atoms with Gasteiger partial charge in [-0.15, -0.1) is 0 Å². The zero-order chi connectivity index (χ0) is 12.2. The molecule has 0 rings (SSSR count). The van der Waals surface area contributed by atoms with Gasteiger partial charge < -0.3 is 10.2 Å². The van der Waals surface area contributed by atoms with Gasteiger partial charge in [-0.25, -0.2) is 0 Å². The molecule has 98 valence electrons. The molecule has 0 radical (unpaired) electrons. The Kier molecular flexibility index (Phi) is 23.9. The number of hydrogen-bond donors (Lipinski definition) is 2. The Morgan fingerprint density at radius 2 is 0.778 bits per heavy atom. The van der Waals surface area contributed by atoms with E-state index in [0.717, 1.165) is 51.4 Å². The van der Waals surface area contributed by atoms with Gasteiger partial charge in [0.2, 0.25) is 0 Å². The molecular formula is C12H24Na2O4. The van der Waals surface area contributed by atoms with Crippen molar-refractivity contribution in [1.82, 2.24) is 0 Å². The molecule has 4 nitrogen and oxygen atoms in total. The second kappa shape index (κ2) is 17.9. The fraction of sp³-hybridized carbons (Fsp3) is 0.833. The Hall–Kier alpha value is 0.940. The topological polar surface area (TPSA) is 74.6 Å². The molecule has 0 aliphatic heterocycles. The molecule has 0 unspecified atom stereocenters. The van der Waals surface area contributed by atoms with Crippen LogP contribution >= 0.6 is 0 Å². The van der Waals surface area contributed by atoms with Crippen molar-refractivity contribution in [3.8, 4) is 0 Å². The second-order valence-corrected chi connectivity index (χ2v) is 4.12. The summed E-state index contributed by atoms with van der Waals surface area (Å²) < 4.78 is 0. The third kappa shape index (κ3) is 22.1. The van der Waals surface area contributed by atoms with Crippen LogP contribution in [0.3, 0.4) is 0 Å². The quantitative estimate of drug-likeness (QED) is 0.446. The molecule has 0 aliphatic rings. The molecule has 0 atom stereocenters. The van der Waals surface area contributed by atoms with Crippen molar-refractivity contribution in [2.75, 3.05) is 0 Å². The molecular weight excluding hydrogens is 254 g/mol. The standard InChI is InChI=1S/C12H22O4.2Na.2H/c13-11(14)9-7-5-3-1-2-4-6-8-10-12(15)16;;;;/h1-10H2,(H,13,14)(H,15,16);;;;. The van der Waals surface area contributed by atoms with Crippen LogP contribution in [0.1, 0.15) is 64.2 Å². The van der Waals surface area contributed by atoms with Gasteiger partial charge in [0.25, 0.3) is 0 Å². The minimum atomic E-state index is -0.714. The van der Waals surface area contributed by atoms with E-state index in [0.29, 0.717) is 0 Å². The third-order valence-corrected chi connectivity index (χ3v) is 2.53. The van der Waals surface area contributed by atoms with Crippen molar-refractivity contribution >= 4 is 71.1 Å². The number of carbonyl (C=O) groups is 2. The van der Waals surface area contributed by atoms with Crippen LogP contribution in [-0.4, -0.2) is 81.3 Å². The summed E-state index contributed by atoms with van der Waals surface area (Å²) in [5.74, 6) is -1.43. The van der Waals surface area contributed by atoms with E-state index in [1.54, 1.807) is 0 Å². The monoisotopic (exact) mass is 278 g/mol. The van der Waals surface area contributed by atoms with Crippen LogP contribution in [0.25, 0.3) is 0 Å². The van der Waals surface area contributed by atoms with Gasteiger partial charge in [0.1, 0.15) is 0 Å². The van der Waals surface area contributed by atoms with E-state index >= 15 is 0 Å². The van der Waals surface area contributed by atoms with Crippen LogP contribution in [0.2, 0.25) is 0 Å². The second-order valence-electron chi connectivity index (χ2n) is 4.12. The van der Waals surface area contributed by atoms with Crippen molar-refractivity contribution in [3.63, 3.8) is 0 Å².